The zero-order valence-electron chi connectivity index (χ0n) is 10.4. The average Bonchev–Trinajstić information content (AvgIpc) is 2.29. The number of carbonyl (C=O) groups is 3. The number of aldehydes is 1. The van der Waals surface area contributed by atoms with Crippen LogP contribution in [-0.4, -0.2) is 17.9 Å². The second-order valence-electron chi connectivity index (χ2n) is 5.93. The van der Waals surface area contributed by atoms with E-state index < -0.39 is 11.3 Å². The predicted molar refractivity (Wildman–Crippen MR) is 63.5 cm³/mol. The first-order valence-corrected chi connectivity index (χ1v) is 6.57. The largest absolute Gasteiger partial charge is 0.303 e. The molecule has 0 aromatic carbocycles. The Balaban J connectivity index is 2.11. The highest BCUT2D eigenvalue weighted by molar-refractivity contribution is 6.07. The zero-order valence-corrected chi connectivity index (χ0v) is 10.4. The van der Waals surface area contributed by atoms with E-state index in [1.54, 1.807) is 6.92 Å². The van der Waals surface area contributed by atoms with E-state index in [0.717, 1.165) is 32.0 Å². The normalized spacial score (nSPS) is 35.9. The number of rotatable bonds is 2. The molecule has 0 atom stereocenters. The molecule has 2 fully saturated rings. The van der Waals surface area contributed by atoms with Crippen molar-refractivity contribution in [1.82, 2.24) is 0 Å². The molecule has 0 aromatic rings. The van der Waals surface area contributed by atoms with Gasteiger partial charge in [-0.15, -0.1) is 0 Å². The molecule has 0 spiro atoms. The van der Waals surface area contributed by atoms with Gasteiger partial charge in [0.2, 0.25) is 0 Å². The maximum atomic E-state index is 12.1. The zero-order chi connectivity index (χ0) is 12.5. The maximum absolute atomic E-state index is 12.1. The molecule has 0 N–H and O–H groups in total. The van der Waals surface area contributed by atoms with Gasteiger partial charge in [0.05, 0.1) is 5.92 Å². The molecule has 17 heavy (non-hydrogen) atoms. The first-order chi connectivity index (χ1) is 8.06. The summed E-state index contributed by atoms with van der Waals surface area (Å²) in [4.78, 5) is 35.1. The fraction of sp³-hybridized carbons (Fsp3) is 0.786. The lowest BCUT2D eigenvalue weighted by Crippen LogP contribution is -2.43. The van der Waals surface area contributed by atoms with Crippen molar-refractivity contribution in [3.05, 3.63) is 0 Å². The molecule has 3 nitrogen and oxygen atoms in total. The van der Waals surface area contributed by atoms with E-state index in [9.17, 15) is 14.4 Å². The second kappa shape index (κ2) is 4.71. The third-order valence-corrected chi connectivity index (χ3v) is 4.26. The summed E-state index contributed by atoms with van der Waals surface area (Å²) in [5.74, 6) is -0.145. The van der Waals surface area contributed by atoms with Crippen LogP contribution >= 0.6 is 0 Å². The Bertz CT molecular complexity index is 321. The lowest BCUT2D eigenvalue weighted by Gasteiger charge is -2.36. The van der Waals surface area contributed by atoms with Crippen LogP contribution < -0.4 is 0 Å². The van der Waals surface area contributed by atoms with Gasteiger partial charge < -0.3 is 4.79 Å². The minimum absolute atomic E-state index is 0.00255. The van der Waals surface area contributed by atoms with Gasteiger partial charge in [-0.1, -0.05) is 26.2 Å². The Labute approximate surface area is 102 Å². The fourth-order valence-corrected chi connectivity index (χ4v) is 3.33. The number of hydrogen-bond donors (Lipinski definition) is 0. The predicted octanol–water partition coefficient (Wildman–Crippen LogP) is 2.32. The van der Waals surface area contributed by atoms with Crippen molar-refractivity contribution in [2.24, 2.45) is 17.3 Å². The van der Waals surface area contributed by atoms with Crippen LogP contribution in [0.25, 0.3) is 0 Å². The van der Waals surface area contributed by atoms with Crippen LogP contribution in [0.3, 0.4) is 0 Å². The quantitative estimate of drug-likeness (QED) is 0.546. The molecule has 2 rings (SSSR count). The Morgan fingerprint density at radius 2 is 1.59 bits per heavy atom. The number of carbonyl (C=O) groups excluding carboxylic acids is 3. The van der Waals surface area contributed by atoms with Gasteiger partial charge in [0, 0.05) is 18.3 Å². The molecule has 2 aliphatic rings. The molecule has 94 valence electrons. The first kappa shape index (κ1) is 12.5. The Hall–Kier alpha value is -0.990. The third kappa shape index (κ3) is 2.48. The molecule has 0 heterocycles. The van der Waals surface area contributed by atoms with Crippen LogP contribution in [0, 0.1) is 17.3 Å². The number of ketones is 2. The SMILES string of the molecule is CC1(C=O)CC(=O)C(C2CCCCC2)C(=O)C1. The monoisotopic (exact) mass is 236 g/mol. The van der Waals surface area contributed by atoms with Gasteiger partial charge in [0.25, 0.3) is 0 Å². The standard InChI is InChI=1S/C14H20O3/c1-14(9-15)7-11(16)13(12(17)8-14)10-5-3-2-4-6-10/h9-10,13H,2-8H2,1H3. The summed E-state index contributed by atoms with van der Waals surface area (Å²) < 4.78 is 0. The molecule has 0 aliphatic heterocycles. The van der Waals surface area contributed by atoms with Crippen molar-refractivity contribution in [3.8, 4) is 0 Å². The van der Waals surface area contributed by atoms with E-state index in [0.29, 0.717) is 0 Å². The molecular formula is C14H20O3. The smallest absolute Gasteiger partial charge is 0.144 e. The summed E-state index contributed by atoms with van der Waals surface area (Å²) in [5.41, 5.74) is -0.737. The van der Waals surface area contributed by atoms with E-state index in [1.165, 1.54) is 6.42 Å². The van der Waals surface area contributed by atoms with Crippen LogP contribution in [0.15, 0.2) is 0 Å². The topological polar surface area (TPSA) is 51.2 Å². The van der Waals surface area contributed by atoms with Crippen molar-refractivity contribution in [1.29, 1.82) is 0 Å². The van der Waals surface area contributed by atoms with Gasteiger partial charge in [-0.3, -0.25) is 9.59 Å². The van der Waals surface area contributed by atoms with E-state index >= 15 is 0 Å². The van der Waals surface area contributed by atoms with Crippen LogP contribution in [0.4, 0.5) is 0 Å². The van der Waals surface area contributed by atoms with Crippen molar-refractivity contribution in [3.63, 3.8) is 0 Å². The summed E-state index contributed by atoms with van der Waals surface area (Å²) in [6, 6.07) is 0. The first-order valence-electron chi connectivity index (χ1n) is 6.57. The minimum Gasteiger partial charge on any atom is -0.303 e. The van der Waals surface area contributed by atoms with Gasteiger partial charge in [-0.2, -0.15) is 0 Å². The highest BCUT2D eigenvalue weighted by Crippen LogP contribution is 2.40. The fourth-order valence-electron chi connectivity index (χ4n) is 3.33. The van der Waals surface area contributed by atoms with Gasteiger partial charge in [-0.05, 0) is 18.8 Å². The third-order valence-electron chi connectivity index (χ3n) is 4.26. The summed E-state index contributed by atoms with van der Waals surface area (Å²) in [5, 5.41) is 0. The average molecular weight is 236 g/mol. The molecule has 3 heteroatoms. The minimum atomic E-state index is -0.737. The summed E-state index contributed by atoms with van der Waals surface area (Å²) in [6.45, 7) is 1.72. The molecular weight excluding hydrogens is 216 g/mol. The highest BCUT2D eigenvalue weighted by Gasteiger charge is 2.45. The van der Waals surface area contributed by atoms with Gasteiger partial charge >= 0.3 is 0 Å². The summed E-state index contributed by atoms with van der Waals surface area (Å²) >= 11 is 0. The maximum Gasteiger partial charge on any atom is 0.144 e. The molecule has 0 bridgehead atoms. The number of Topliss-reactive ketones (excluding diaryl/α,β-unsaturated/α-hetero) is 2. The molecule has 0 saturated heterocycles. The Kier molecular flexibility index (Phi) is 3.45. The van der Waals surface area contributed by atoms with Crippen molar-refractivity contribution >= 4 is 17.9 Å². The molecule has 2 saturated carbocycles. The molecule has 0 aromatic heterocycles. The van der Waals surface area contributed by atoms with Gasteiger partial charge in [-0.25, -0.2) is 0 Å². The van der Waals surface area contributed by atoms with Gasteiger partial charge in [0.15, 0.2) is 0 Å². The van der Waals surface area contributed by atoms with E-state index in [2.05, 4.69) is 0 Å². The Morgan fingerprint density at radius 3 is 2.06 bits per heavy atom. The molecule has 0 amide bonds. The van der Waals surface area contributed by atoms with E-state index in [4.69, 9.17) is 0 Å². The van der Waals surface area contributed by atoms with Crippen molar-refractivity contribution in [2.45, 2.75) is 51.9 Å². The lowest BCUT2D eigenvalue weighted by molar-refractivity contribution is -0.145. The summed E-state index contributed by atoms with van der Waals surface area (Å²) in [7, 11) is 0. The lowest BCUT2D eigenvalue weighted by atomic mass is 9.65. The van der Waals surface area contributed by atoms with Crippen LogP contribution in [0.1, 0.15) is 51.9 Å². The van der Waals surface area contributed by atoms with Crippen LogP contribution in [0.5, 0.6) is 0 Å². The van der Waals surface area contributed by atoms with Crippen LogP contribution in [0.2, 0.25) is 0 Å². The van der Waals surface area contributed by atoms with Gasteiger partial charge in [0.1, 0.15) is 17.9 Å². The van der Waals surface area contributed by atoms with Crippen molar-refractivity contribution in [2.75, 3.05) is 0 Å². The molecule has 0 unspecified atom stereocenters. The van der Waals surface area contributed by atoms with E-state index in [1.807, 2.05) is 0 Å². The van der Waals surface area contributed by atoms with Crippen LogP contribution in [-0.2, 0) is 14.4 Å². The second-order valence-corrected chi connectivity index (χ2v) is 5.93. The number of hydrogen-bond acceptors (Lipinski definition) is 3. The van der Waals surface area contributed by atoms with E-state index in [-0.39, 0.29) is 30.3 Å². The molecule has 2 aliphatic carbocycles. The Morgan fingerprint density at radius 1 is 1.06 bits per heavy atom. The van der Waals surface area contributed by atoms with Crippen molar-refractivity contribution < 1.29 is 14.4 Å². The summed E-state index contributed by atoms with van der Waals surface area (Å²) in [6.07, 6.45) is 6.77. The molecule has 0 radical (unpaired) electrons. The highest BCUT2D eigenvalue weighted by atomic mass is 16.2.